The van der Waals surface area contributed by atoms with E-state index < -0.39 is 0 Å². The molecule has 0 spiro atoms. The molecular weight excluding hydrogens is 518 g/mol. The van der Waals surface area contributed by atoms with Crippen molar-refractivity contribution in [2.45, 2.75) is 0 Å². The molecule has 3 nitrogen and oxygen atoms in total. The number of aromatic nitrogens is 3. The number of thiazole rings is 1. The molecule has 0 amide bonds. The maximum absolute atomic E-state index is 5.01. The summed E-state index contributed by atoms with van der Waals surface area (Å²) >= 11 is 1.74. The normalized spacial score (nSPS) is 11.9. The molecule has 41 heavy (non-hydrogen) atoms. The van der Waals surface area contributed by atoms with Crippen molar-refractivity contribution >= 4 is 65.2 Å². The van der Waals surface area contributed by atoms with Crippen molar-refractivity contribution < 1.29 is 0 Å². The Labute approximate surface area is 240 Å². The van der Waals surface area contributed by atoms with Crippen LogP contribution in [0.5, 0.6) is 0 Å². The average Bonchev–Trinajstić information content (AvgIpc) is 3.70. The van der Waals surface area contributed by atoms with Crippen molar-refractivity contribution in [2.24, 2.45) is 0 Å². The monoisotopic (exact) mass is 541 g/mol. The Bertz CT molecular complexity index is 2390. The number of hydrogen-bond donors (Lipinski definition) is 0. The first-order valence-corrected chi connectivity index (χ1v) is 14.6. The quantitative estimate of drug-likeness (QED) is 0.218. The fourth-order valence-electron chi connectivity index (χ4n) is 6.32. The zero-order chi connectivity index (χ0) is 26.9. The highest BCUT2D eigenvalue weighted by Gasteiger charge is 2.17. The zero-order valence-corrected chi connectivity index (χ0v) is 22.8. The first-order chi connectivity index (χ1) is 20.3. The molecule has 0 aliphatic carbocycles. The van der Waals surface area contributed by atoms with Gasteiger partial charge in [0.1, 0.15) is 0 Å². The van der Waals surface area contributed by atoms with Crippen LogP contribution in [0.1, 0.15) is 0 Å². The molecule has 9 rings (SSSR count). The topological polar surface area (TPSA) is 22.8 Å². The van der Waals surface area contributed by atoms with Crippen LogP contribution in [-0.2, 0) is 0 Å². The smallest absolute Gasteiger partial charge is 0.195 e. The lowest BCUT2D eigenvalue weighted by Gasteiger charge is -2.08. The standard InChI is InChI=1S/C37H23N3S/c1-2-10-26(11-3-1)39-32-15-7-4-12-27(32)29-22-24(18-20-34(29)39)25-19-21-35-30(23-25)28-13-5-8-16-33(28)40(35)37-38-31-14-6-9-17-36(31)41-37/h1-23H. The van der Waals surface area contributed by atoms with Crippen molar-refractivity contribution in [3.05, 3.63) is 140 Å². The van der Waals surface area contributed by atoms with Crippen LogP contribution >= 0.6 is 11.3 Å². The van der Waals surface area contributed by atoms with Crippen molar-refractivity contribution in [1.82, 2.24) is 14.1 Å². The molecule has 0 radical (unpaired) electrons. The van der Waals surface area contributed by atoms with Crippen LogP contribution in [0, 0.1) is 0 Å². The average molecular weight is 542 g/mol. The van der Waals surface area contributed by atoms with E-state index in [4.69, 9.17) is 4.98 Å². The molecule has 0 saturated carbocycles. The van der Waals surface area contributed by atoms with Crippen molar-refractivity contribution in [3.8, 4) is 21.9 Å². The summed E-state index contributed by atoms with van der Waals surface area (Å²) in [6, 6.07) is 50.1. The highest BCUT2D eigenvalue weighted by molar-refractivity contribution is 7.20. The van der Waals surface area contributed by atoms with Gasteiger partial charge < -0.3 is 4.57 Å². The fraction of sp³-hybridized carbons (Fsp3) is 0. The number of hydrogen-bond acceptors (Lipinski definition) is 2. The Hall–Kier alpha value is -5.19. The van der Waals surface area contributed by atoms with Crippen LogP contribution in [0.15, 0.2) is 140 Å². The van der Waals surface area contributed by atoms with Gasteiger partial charge in [-0.3, -0.25) is 4.57 Å². The van der Waals surface area contributed by atoms with Gasteiger partial charge in [0, 0.05) is 27.2 Å². The van der Waals surface area contributed by atoms with Crippen LogP contribution in [0.2, 0.25) is 0 Å². The minimum absolute atomic E-state index is 1.00. The highest BCUT2D eigenvalue weighted by Crippen LogP contribution is 2.39. The van der Waals surface area contributed by atoms with E-state index in [0.717, 1.165) is 10.6 Å². The Morgan fingerprint density at radius 1 is 0.439 bits per heavy atom. The van der Waals surface area contributed by atoms with Crippen LogP contribution in [0.4, 0.5) is 0 Å². The summed E-state index contributed by atoms with van der Waals surface area (Å²) < 4.78 is 5.88. The molecular formula is C37H23N3S. The van der Waals surface area contributed by atoms with E-state index in [1.54, 1.807) is 11.3 Å². The van der Waals surface area contributed by atoms with Gasteiger partial charge in [-0.05, 0) is 71.8 Å². The molecule has 0 N–H and O–H groups in total. The van der Waals surface area contributed by atoms with Gasteiger partial charge in [0.05, 0.1) is 32.3 Å². The van der Waals surface area contributed by atoms with E-state index in [0.29, 0.717) is 0 Å². The minimum Gasteiger partial charge on any atom is -0.309 e. The summed E-state index contributed by atoms with van der Waals surface area (Å²) in [7, 11) is 0. The van der Waals surface area contributed by atoms with Gasteiger partial charge in [-0.1, -0.05) is 90.2 Å². The third-order valence-corrected chi connectivity index (χ3v) is 9.19. The number of fused-ring (bicyclic) bond motifs is 7. The predicted octanol–water partition coefficient (Wildman–Crippen LogP) is 10.2. The first kappa shape index (κ1) is 22.6. The lowest BCUT2D eigenvalue weighted by Crippen LogP contribution is -1.93. The van der Waals surface area contributed by atoms with Crippen LogP contribution in [0.25, 0.3) is 75.8 Å². The fourth-order valence-corrected chi connectivity index (χ4v) is 7.32. The lowest BCUT2D eigenvalue weighted by atomic mass is 10.0. The van der Waals surface area contributed by atoms with Crippen molar-refractivity contribution in [3.63, 3.8) is 0 Å². The largest absolute Gasteiger partial charge is 0.309 e. The molecule has 0 bridgehead atoms. The molecule has 0 aliphatic heterocycles. The van der Waals surface area contributed by atoms with E-state index in [9.17, 15) is 0 Å². The van der Waals surface area contributed by atoms with Crippen LogP contribution in [-0.4, -0.2) is 14.1 Å². The SMILES string of the molecule is c1ccc(-n2c3ccccc3c3cc(-c4ccc5c(c4)c4ccccc4n5-c4nc5ccccc5s4)ccc32)cc1. The summed E-state index contributed by atoms with van der Waals surface area (Å²) in [6.07, 6.45) is 0. The Morgan fingerprint density at radius 2 is 0.976 bits per heavy atom. The van der Waals surface area contributed by atoms with Crippen LogP contribution < -0.4 is 0 Å². The van der Waals surface area contributed by atoms with Crippen molar-refractivity contribution in [1.29, 1.82) is 0 Å². The summed E-state index contributed by atoms with van der Waals surface area (Å²) in [5, 5.41) is 6.01. The molecule has 6 aromatic carbocycles. The number of rotatable bonds is 3. The predicted molar refractivity (Wildman–Crippen MR) is 174 cm³/mol. The van der Waals surface area contributed by atoms with Gasteiger partial charge in [-0.2, -0.15) is 0 Å². The summed E-state index contributed by atoms with van der Waals surface area (Å²) in [4.78, 5) is 5.01. The van der Waals surface area contributed by atoms with E-state index >= 15 is 0 Å². The molecule has 9 aromatic rings. The highest BCUT2D eigenvalue weighted by atomic mass is 32.1. The van der Waals surface area contributed by atoms with E-state index in [2.05, 4.69) is 149 Å². The molecule has 0 saturated heterocycles. The van der Waals surface area contributed by atoms with Gasteiger partial charge >= 0.3 is 0 Å². The number of nitrogens with zero attached hydrogens (tertiary/aromatic N) is 3. The summed E-state index contributed by atoms with van der Waals surface area (Å²) in [6.45, 7) is 0. The molecule has 0 unspecified atom stereocenters. The Balaban J connectivity index is 1.26. The summed E-state index contributed by atoms with van der Waals surface area (Å²) in [5.74, 6) is 0. The van der Waals surface area contributed by atoms with E-state index in [-0.39, 0.29) is 0 Å². The molecule has 0 aliphatic rings. The van der Waals surface area contributed by atoms with E-state index in [1.807, 2.05) is 0 Å². The second kappa shape index (κ2) is 8.65. The van der Waals surface area contributed by atoms with E-state index in [1.165, 1.54) is 65.1 Å². The number of benzene rings is 6. The molecule has 4 heteroatoms. The Morgan fingerprint density at radius 3 is 1.66 bits per heavy atom. The second-order valence-electron chi connectivity index (χ2n) is 10.5. The zero-order valence-electron chi connectivity index (χ0n) is 22.0. The third-order valence-electron chi connectivity index (χ3n) is 8.17. The Kier molecular flexibility index (Phi) is 4.77. The maximum Gasteiger partial charge on any atom is 0.195 e. The first-order valence-electron chi connectivity index (χ1n) is 13.8. The lowest BCUT2D eigenvalue weighted by molar-refractivity contribution is 1.15. The third kappa shape index (κ3) is 3.35. The van der Waals surface area contributed by atoms with Gasteiger partial charge in [0.25, 0.3) is 0 Å². The summed E-state index contributed by atoms with van der Waals surface area (Å²) in [5.41, 5.74) is 9.44. The van der Waals surface area contributed by atoms with Crippen molar-refractivity contribution in [2.75, 3.05) is 0 Å². The number of para-hydroxylation sites is 4. The van der Waals surface area contributed by atoms with Gasteiger partial charge in [-0.25, -0.2) is 4.98 Å². The van der Waals surface area contributed by atoms with Gasteiger partial charge in [0.2, 0.25) is 0 Å². The van der Waals surface area contributed by atoms with Gasteiger partial charge in [-0.15, -0.1) is 0 Å². The molecule has 0 atom stereocenters. The van der Waals surface area contributed by atoms with Gasteiger partial charge in [0.15, 0.2) is 5.13 Å². The molecule has 3 aromatic heterocycles. The minimum atomic E-state index is 1.00. The van der Waals surface area contributed by atoms with Crippen LogP contribution in [0.3, 0.4) is 0 Å². The molecule has 3 heterocycles. The molecule has 192 valence electrons. The maximum atomic E-state index is 5.01. The molecule has 0 fully saturated rings. The second-order valence-corrected chi connectivity index (χ2v) is 11.5.